The molecule has 5 nitrogen and oxygen atoms in total. The molecule has 0 aliphatic carbocycles. The van der Waals surface area contributed by atoms with E-state index in [2.05, 4.69) is 41.3 Å². The highest BCUT2D eigenvalue weighted by molar-refractivity contribution is 14.0. The molecule has 0 bridgehead atoms. The molecule has 1 heterocycles. The van der Waals surface area contributed by atoms with Crippen molar-refractivity contribution in [3.63, 3.8) is 0 Å². The molecule has 1 rings (SSSR count). The molecule has 0 aromatic heterocycles. The smallest absolute Gasteiger partial charge is 0.191 e. The van der Waals surface area contributed by atoms with Crippen molar-refractivity contribution in [3.8, 4) is 0 Å². The molecular formula is C14H31IN4O. The number of hydrogen-bond acceptors (Lipinski definition) is 3. The minimum atomic E-state index is 0. The minimum absolute atomic E-state index is 0. The number of likely N-dealkylation sites (tertiary alicyclic amines) is 1. The van der Waals surface area contributed by atoms with Crippen molar-refractivity contribution in [1.82, 2.24) is 15.5 Å². The molecule has 20 heavy (non-hydrogen) atoms. The van der Waals surface area contributed by atoms with Gasteiger partial charge in [-0.15, -0.1) is 24.0 Å². The van der Waals surface area contributed by atoms with E-state index in [1.54, 1.807) is 0 Å². The summed E-state index contributed by atoms with van der Waals surface area (Å²) in [6.07, 6.45) is 0. The number of hydrogen-bond donors (Lipinski definition) is 2. The summed E-state index contributed by atoms with van der Waals surface area (Å²) >= 11 is 0. The third kappa shape index (κ3) is 6.58. The van der Waals surface area contributed by atoms with Crippen molar-refractivity contribution in [2.45, 2.75) is 39.8 Å². The molecule has 1 aliphatic rings. The normalized spacial score (nSPS) is 23.8. The fraction of sp³-hybridized carbons (Fsp3) is 0.929. The number of nitrogens with one attached hydrogen (secondary N) is 2. The maximum atomic E-state index is 5.31. The number of rotatable bonds is 6. The van der Waals surface area contributed by atoms with Gasteiger partial charge in [-0.05, 0) is 26.7 Å². The second-order valence-corrected chi connectivity index (χ2v) is 5.47. The van der Waals surface area contributed by atoms with Crippen LogP contribution < -0.4 is 10.6 Å². The average molecular weight is 398 g/mol. The average Bonchev–Trinajstić information content (AvgIpc) is 2.75. The second-order valence-electron chi connectivity index (χ2n) is 5.47. The van der Waals surface area contributed by atoms with Gasteiger partial charge in [0.05, 0.1) is 6.61 Å². The Morgan fingerprint density at radius 3 is 2.60 bits per heavy atom. The van der Waals surface area contributed by atoms with Crippen LogP contribution in [0, 0.1) is 5.92 Å². The van der Waals surface area contributed by atoms with E-state index in [-0.39, 0.29) is 24.0 Å². The SMILES string of the molecule is CCOCCNC(=NC)NC1CN(C(C)C)CC1C.I. The molecule has 0 amide bonds. The fourth-order valence-corrected chi connectivity index (χ4v) is 2.37. The Hall–Kier alpha value is -0.0800. The summed E-state index contributed by atoms with van der Waals surface area (Å²) in [5, 5.41) is 6.81. The lowest BCUT2D eigenvalue weighted by Gasteiger charge is -2.21. The number of ether oxygens (including phenoxy) is 1. The predicted molar refractivity (Wildman–Crippen MR) is 96.1 cm³/mol. The zero-order chi connectivity index (χ0) is 14.3. The fourth-order valence-electron chi connectivity index (χ4n) is 2.37. The van der Waals surface area contributed by atoms with E-state index >= 15 is 0 Å². The highest BCUT2D eigenvalue weighted by Gasteiger charge is 2.31. The molecule has 120 valence electrons. The summed E-state index contributed by atoms with van der Waals surface area (Å²) in [7, 11) is 1.82. The first-order chi connectivity index (χ1) is 9.08. The van der Waals surface area contributed by atoms with Crippen LogP contribution in [-0.4, -0.2) is 62.8 Å². The Bertz CT molecular complexity index is 286. The summed E-state index contributed by atoms with van der Waals surface area (Å²) < 4.78 is 5.31. The lowest BCUT2D eigenvalue weighted by atomic mass is 10.1. The van der Waals surface area contributed by atoms with Crippen molar-refractivity contribution in [2.75, 3.05) is 39.9 Å². The molecule has 2 atom stereocenters. The largest absolute Gasteiger partial charge is 0.380 e. The minimum Gasteiger partial charge on any atom is -0.380 e. The van der Waals surface area contributed by atoms with Crippen LogP contribution in [0.4, 0.5) is 0 Å². The number of guanidine groups is 1. The molecule has 1 aliphatic heterocycles. The van der Waals surface area contributed by atoms with E-state index in [4.69, 9.17) is 4.74 Å². The van der Waals surface area contributed by atoms with Gasteiger partial charge in [0.25, 0.3) is 0 Å². The molecule has 1 fully saturated rings. The van der Waals surface area contributed by atoms with Gasteiger partial charge in [-0.1, -0.05) is 6.92 Å². The molecule has 2 N–H and O–H groups in total. The van der Waals surface area contributed by atoms with Crippen LogP contribution in [0.3, 0.4) is 0 Å². The van der Waals surface area contributed by atoms with E-state index in [1.807, 2.05) is 14.0 Å². The third-order valence-corrected chi connectivity index (χ3v) is 3.66. The van der Waals surface area contributed by atoms with Crippen molar-refractivity contribution < 1.29 is 4.74 Å². The summed E-state index contributed by atoms with van der Waals surface area (Å²) in [6.45, 7) is 13.3. The molecular weight excluding hydrogens is 367 g/mol. The van der Waals surface area contributed by atoms with Gasteiger partial charge in [0.1, 0.15) is 0 Å². The highest BCUT2D eigenvalue weighted by Crippen LogP contribution is 2.18. The first-order valence-corrected chi connectivity index (χ1v) is 7.37. The van der Waals surface area contributed by atoms with Crippen LogP contribution in [0.25, 0.3) is 0 Å². The Labute approximate surface area is 140 Å². The van der Waals surface area contributed by atoms with Crippen LogP contribution in [0.2, 0.25) is 0 Å². The highest BCUT2D eigenvalue weighted by atomic mass is 127. The molecule has 0 saturated carbocycles. The molecule has 6 heteroatoms. The predicted octanol–water partition coefficient (Wildman–Crippen LogP) is 1.53. The van der Waals surface area contributed by atoms with E-state index in [0.717, 1.165) is 38.8 Å². The second kappa shape index (κ2) is 10.6. The van der Waals surface area contributed by atoms with Crippen LogP contribution in [-0.2, 0) is 4.74 Å². The Balaban J connectivity index is 0.00000361. The molecule has 1 saturated heterocycles. The molecule has 0 aromatic carbocycles. The molecule has 0 spiro atoms. The Morgan fingerprint density at radius 2 is 2.10 bits per heavy atom. The van der Waals surface area contributed by atoms with Gasteiger partial charge < -0.3 is 15.4 Å². The van der Waals surface area contributed by atoms with Crippen LogP contribution in [0.1, 0.15) is 27.7 Å². The maximum absolute atomic E-state index is 5.31. The van der Waals surface area contributed by atoms with Gasteiger partial charge in [0, 0.05) is 45.4 Å². The van der Waals surface area contributed by atoms with E-state index < -0.39 is 0 Å². The van der Waals surface area contributed by atoms with Gasteiger partial charge in [-0.25, -0.2) is 0 Å². The van der Waals surface area contributed by atoms with E-state index in [9.17, 15) is 0 Å². The number of aliphatic imine (C=N–C) groups is 1. The van der Waals surface area contributed by atoms with Crippen LogP contribution in [0.5, 0.6) is 0 Å². The molecule has 2 unspecified atom stereocenters. The monoisotopic (exact) mass is 398 g/mol. The van der Waals surface area contributed by atoms with Crippen LogP contribution >= 0.6 is 24.0 Å². The first kappa shape index (κ1) is 19.9. The van der Waals surface area contributed by atoms with Gasteiger partial charge >= 0.3 is 0 Å². The summed E-state index contributed by atoms with van der Waals surface area (Å²) in [5.74, 6) is 1.52. The number of halogens is 1. The first-order valence-electron chi connectivity index (χ1n) is 7.37. The topological polar surface area (TPSA) is 48.9 Å². The van der Waals surface area contributed by atoms with E-state index in [0.29, 0.717) is 18.0 Å². The lowest BCUT2D eigenvalue weighted by Crippen LogP contribution is -2.47. The van der Waals surface area contributed by atoms with Crippen molar-refractivity contribution in [3.05, 3.63) is 0 Å². The molecule has 0 aromatic rings. The van der Waals surface area contributed by atoms with Gasteiger partial charge in [-0.2, -0.15) is 0 Å². The number of nitrogens with zero attached hydrogens (tertiary/aromatic N) is 2. The van der Waals surface area contributed by atoms with Crippen LogP contribution in [0.15, 0.2) is 4.99 Å². The summed E-state index contributed by atoms with van der Waals surface area (Å²) in [4.78, 5) is 6.78. The quantitative estimate of drug-likeness (QED) is 0.309. The van der Waals surface area contributed by atoms with Crippen molar-refractivity contribution >= 4 is 29.9 Å². The van der Waals surface area contributed by atoms with Gasteiger partial charge in [0.15, 0.2) is 5.96 Å². The van der Waals surface area contributed by atoms with Crippen molar-refractivity contribution in [2.24, 2.45) is 10.9 Å². The van der Waals surface area contributed by atoms with Gasteiger partial charge in [-0.3, -0.25) is 9.89 Å². The summed E-state index contributed by atoms with van der Waals surface area (Å²) in [6, 6.07) is 1.09. The zero-order valence-electron chi connectivity index (χ0n) is 13.5. The van der Waals surface area contributed by atoms with Crippen molar-refractivity contribution in [1.29, 1.82) is 0 Å². The van der Waals surface area contributed by atoms with E-state index in [1.165, 1.54) is 0 Å². The third-order valence-electron chi connectivity index (χ3n) is 3.66. The maximum Gasteiger partial charge on any atom is 0.191 e. The zero-order valence-corrected chi connectivity index (χ0v) is 15.8. The standard InChI is InChI=1S/C14H30N4O.HI/c1-6-19-8-7-16-14(15-5)17-13-10-18(11(2)3)9-12(13)4;/h11-13H,6-10H2,1-5H3,(H2,15,16,17);1H. The molecule has 0 radical (unpaired) electrons. The Morgan fingerprint density at radius 1 is 1.40 bits per heavy atom. The lowest BCUT2D eigenvalue weighted by molar-refractivity contribution is 0.152. The van der Waals surface area contributed by atoms with Gasteiger partial charge in [0.2, 0.25) is 0 Å². The summed E-state index contributed by atoms with van der Waals surface area (Å²) in [5.41, 5.74) is 0. The Kier molecular flexibility index (Phi) is 10.6.